The monoisotopic (exact) mass is 472 g/mol. The van der Waals surface area contributed by atoms with E-state index < -0.39 is 35.7 Å². The van der Waals surface area contributed by atoms with Gasteiger partial charge in [-0.05, 0) is 50.8 Å². The third kappa shape index (κ3) is 8.57. The fourth-order valence-corrected chi connectivity index (χ4v) is 3.35. The molecule has 0 fully saturated rings. The van der Waals surface area contributed by atoms with Gasteiger partial charge in [0.25, 0.3) is 0 Å². The Balaban J connectivity index is 2.06. The van der Waals surface area contributed by atoms with Crippen LogP contribution in [0.3, 0.4) is 0 Å². The quantitative estimate of drug-likeness (QED) is 0.530. The molecule has 0 aliphatic heterocycles. The van der Waals surface area contributed by atoms with E-state index in [1.54, 1.807) is 34.6 Å². The molecule has 34 heavy (non-hydrogen) atoms. The molecule has 0 bridgehead atoms. The molecule has 1 aliphatic rings. The summed E-state index contributed by atoms with van der Waals surface area (Å²) in [5.74, 6) is -0.496. The van der Waals surface area contributed by atoms with Gasteiger partial charge in [0, 0.05) is 5.92 Å². The van der Waals surface area contributed by atoms with Crippen LogP contribution in [0.4, 0.5) is 4.79 Å². The van der Waals surface area contributed by atoms with Gasteiger partial charge in [-0.1, -0.05) is 50.3 Å². The van der Waals surface area contributed by atoms with Crippen LogP contribution in [0.5, 0.6) is 0 Å². The Labute approximate surface area is 201 Å². The Morgan fingerprint density at radius 1 is 1.09 bits per heavy atom. The summed E-state index contributed by atoms with van der Waals surface area (Å²) in [5.41, 5.74) is 0.472. The number of nitrogens with one attached hydrogen (secondary N) is 2. The lowest BCUT2D eigenvalue weighted by Gasteiger charge is -2.26. The van der Waals surface area contributed by atoms with Gasteiger partial charge >= 0.3 is 12.1 Å². The van der Waals surface area contributed by atoms with Crippen molar-refractivity contribution >= 4 is 18.0 Å². The summed E-state index contributed by atoms with van der Waals surface area (Å²) in [6.07, 6.45) is 5.85. The third-order valence-electron chi connectivity index (χ3n) is 5.14. The highest BCUT2D eigenvalue weighted by atomic mass is 16.6. The molecule has 1 aliphatic carbocycles. The van der Waals surface area contributed by atoms with Crippen LogP contribution in [0.25, 0.3) is 0 Å². The molecule has 0 spiro atoms. The van der Waals surface area contributed by atoms with Crippen LogP contribution in [0, 0.1) is 5.92 Å². The van der Waals surface area contributed by atoms with Gasteiger partial charge in [-0.3, -0.25) is 4.79 Å². The van der Waals surface area contributed by atoms with E-state index in [9.17, 15) is 14.4 Å². The second kappa shape index (κ2) is 12.3. The maximum atomic E-state index is 13.0. The van der Waals surface area contributed by atoms with Gasteiger partial charge in [-0.2, -0.15) is 0 Å². The van der Waals surface area contributed by atoms with Gasteiger partial charge < -0.3 is 24.8 Å². The van der Waals surface area contributed by atoms with Crippen molar-refractivity contribution in [3.8, 4) is 0 Å². The molecule has 1 aromatic carbocycles. The predicted octanol–water partition coefficient (Wildman–Crippen LogP) is 3.84. The number of rotatable bonds is 9. The lowest BCUT2D eigenvalue weighted by molar-refractivity contribution is -0.146. The van der Waals surface area contributed by atoms with Crippen LogP contribution in [-0.2, 0) is 23.8 Å². The highest BCUT2D eigenvalue weighted by Crippen LogP contribution is 2.26. The molecule has 0 saturated heterocycles. The molecule has 1 aromatic rings. The molecule has 3 atom stereocenters. The van der Waals surface area contributed by atoms with E-state index in [0.29, 0.717) is 5.76 Å². The summed E-state index contributed by atoms with van der Waals surface area (Å²) in [4.78, 5) is 37.4. The Bertz CT molecular complexity index is 902. The van der Waals surface area contributed by atoms with Crippen molar-refractivity contribution in [2.24, 2.45) is 5.92 Å². The number of methoxy groups -OCH3 is 1. The Morgan fingerprint density at radius 3 is 2.29 bits per heavy atom. The number of hydrogen-bond donors (Lipinski definition) is 2. The number of hydrogen-bond acceptors (Lipinski definition) is 6. The van der Waals surface area contributed by atoms with E-state index in [-0.39, 0.29) is 18.4 Å². The van der Waals surface area contributed by atoms with Crippen molar-refractivity contribution in [3.63, 3.8) is 0 Å². The van der Waals surface area contributed by atoms with Gasteiger partial charge in [0.05, 0.1) is 7.11 Å². The molecule has 2 N–H and O–H groups in total. The summed E-state index contributed by atoms with van der Waals surface area (Å²) in [6.45, 7) is 8.62. The van der Waals surface area contributed by atoms with Crippen LogP contribution in [-0.4, -0.2) is 49.4 Å². The lowest BCUT2D eigenvalue weighted by atomic mass is 9.92. The number of ether oxygens (including phenoxy) is 3. The minimum absolute atomic E-state index is 0.136. The summed E-state index contributed by atoms with van der Waals surface area (Å²) in [5, 5.41) is 5.20. The van der Waals surface area contributed by atoms with E-state index in [1.807, 2.05) is 36.4 Å². The van der Waals surface area contributed by atoms with Gasteiger partial charge in [0.2, 0.25) is 5.91 Å². The normalized spacial score (nSPS) is 17.3. The molecule has 8 heteroatoms. The standard InChI is InChI=1S/C26H36N2O6/c1-17(2)22(24(30)32-6)28-23(29)21(27-25(31)34-26(3,4)5)16-33-20-14-12-19(13-15-20)18-10-8-7-9-11-18/h7-12,14-15,17,19,21-22H,13,16H2,1-6H3,(H,27,31)(H,28,29)/t19?,21-,22+/m0/s1. The fraction of sp³-hybridized carbons (Fsp3) is 0.500. The van der Waals surface area contributed by atoms with Gasteiger partial charge in [-0.15, -0.1) is 0 Å². The summed E-state index contributed by atoms with van der Waals surface area (Å²) < 4.78 is 15.9. The number of amides is 2. The number of esters is 1. The molecule has 2 amide bonds. The van der Waals surface area contributed by atoms with E-state index in [2.05, 4.69) is 22.8 Å². The first-order chi connectivity index (χ1) is 16.0. The molecule has 186 valence electrons. The van der Waals surface area contributed by atoms with E-state index in [1.165, 1.54) is 12.7 Å². The van der Waals surface area contributed by atoms with E-state index in [0.717, 1.165) is 6.42 Å². The van der Waals surface area contributed by atoms with Crippen molar-refractivity contribution in [1.82, 2.24) is 10.6 Å². The number of allylic oxidation sites excluding steroid dienone is 3. The van der Waals surface area contributed by atoms with Crippen LogP contribution in [0.2, 0.25) is 0 Å². The molecular formula is C26H36N2O6. The average Bonchev–Trinajstić information content (AvgIpc) is 2.79. The molecule has 1 unspecified atom stereocenters. The third-order valence-corrected chi connectivity index (χ3v) is 5.14. The van der Waals surface area contributed by atoms with Crippen LogP contribution in [0.1, 0.15) is 52.5 Å². The summed E-state index contributed by atoms with van der Waals surface area (Å²) in [6, 6.07) is 8.20. The fourth-order valence-electron chi connectivity index (χ4n) is 3.35. The highest BCUT2D eigenvalue weighted by Gasteiger charge is 2.31. The van der Waals surface area contributed by atoms with Gasteiger partial charge in [-0.25, -0.2) is 9.59 Å². The van der Waals surface area contributed by atoms with Crippen molar-refractivity contribution in [2.45, 2.75) is 64.6 Å². The molecule has 0 radical (unpaired) electrons. The maximum Gasteiger partial charge on any atom is 0.408 e. The van der Waals surface area contributed by atoms with E-state index >= 15 is 0 Å². The molecule has 0 saturated carbocycles. The van der Waals surface area contributed by atoms with Crippen molar-refractivity contribution in [2.75, 3.05) is 13.7 Å². The number of benzene rings is 1. The minimum atomic E-state index is -1.08. The first-order valence-corrected chi connectivity index (χ1v) is 11.4. The van der Waals surface area contributed by atoms with E-state index in [4.69, 9.17) is 14.2 Å². The minimum Gasteiger partial charge on any atom is -0.491 e. The van der Waals surface area contributed by atoms with Crippen molar-refractivity contribution in [3.05, 3.63) is 59.9 Å². The lowest BCUT2D eigenvalue weighted by Crippen LogP contribution is -2.55. The Morgan fingerprint density at radius 2 is 1.76 bits per heavy atom. The van der Waals surface area contributed by atoms with Gasteiger partial charge in [0.15, 0.2) is 0 Å². The number of carbonyl (C=O) groups is 3. The highest BCUT2D eigenvalue weighted by molar-refractivity contribution is 5.89. The summed E-state index contributed by atoms with van der Waals surface area (Å²) >= 11 is 0. The zero-order chi connectivity index (χ0) is 25.3. The van der Waals surface area contributed by atoms with Crippen molar-refractivity contribution < 1.29 is 28.6 Å². The number of alkyl carbamates (subject to hydrolysis) is 1. The first-order valence-electron chi connectivity index (χ1n) is 11.4. The topological polar surface area (TPSA) is 103 Å². The second-order valence-corrected chi connectivity index (χ2v) is 9.48. The van der Waals surface area contributed by atoms with Crippen LogP contribution < -0.4 is 10.6 Å². The van der Waals surface area contributed by atoms with Crippen LogP contribution >= 0.6 is 0 Å². The largest absolute Gasteiger partial charge is 0.491 e. The van der Waals surface area contributed by atoms with Crippen molar-refractivity contribution in [1.29, 1.82) is 0 Å². The first kappa shape index (κ1) is 27.0. The SMILES string of the molecule is COC(=O)[C@H](NC(=O)[C@H](COC1=CCC(c2ccccc2)C=C1)NC(=O)OC(C)(C)C)C(C)C. The molecular weight excluding hydrogens is 436 g/mol. The maximum absolute atomic E-state index is 13.0. The molecule has 2 rings (SSSR count). The Kier molecular flexibility index (Phi) is 9.71. The predicted molar refractivity (Wildman–Crippen MR) is 129 cm³/mol. The molecule has 0 heterocycles. The zero-order valence-corrected chi connectivity index (χ0v) is 20.8. The summed E-state index contributed by atoms with van der Waals surface area (Å²) in [7, 11) is 1.26. The average molecular weight is 473 g/mol. The molecule has 8 nitrogen and oxygen atoms in total. The molecule has 0 aromatic heterocycles. The second-order valence-electron chi connectivity index (χ2n) is 9.48. The smallest absolute Gasteiger partial charge is 0.408 e. The van der Waals surface area contributed by atoms with Crippen LogP contribution in [0.15, 0.2) is 54.3 Å². The zero-order valence-electron chi connectivity index (χ0n) is 20.8. The Hall–Kier alpha value is -3.29. The van der Waals surface area contributed by atoms with Gasteiger partial charge in [0.1, 0.15) is 30.1 Å². The number of carbonyl (C=O) groups excluding carboxylic acids is 3.